The molecule has 0 fully saturated rings. The van der Waals surface area contributed by atoms with Crippen LogP contribution in [0.15, 0.2) is 53.5 Å². The summed E-state index contributed by atoms with van der Waals surface area (Å²) in [4.78, 5) is 4.67. The minimum absolute atomic E-state index is 0.995. The highest BCUT2D eigenvalue weighted by Crippen LogP contribution is 2.22. The first kappa shape index (κ1) is 17.9. The molecular formula is C22H23IN2. The van der Waals surface area contributed by atoms with Crippen LogP contribution in [-0.4, -0.2) is 10.8 Å². The third-order valence-electron chi connectivity index (χ3n) is 4.57. The standard InChI is InChI=1S/C22H23IN2/c1-5-18-6-9-21(10-7-18)25-16(3)13-19(17(25)4)14-24-20-8-11-22(23)15(2)12-20/h6-14H,5H2,1-4H3. The first-order chi connectivity index (χ1) is 12.0. The van der Waals surface area contributed by atoms with Gasteiger partial charge in [-0.1, -0.05) is 19.1 Å². The highest BCUT2D eigenvalue weighted by Gasteiger charge is 2.09. The molecule has 2 aromatic carbocycles. The molecule has 0 radical (unpaired) electrons. The molecular weight excluding hydrogens is 419 g/mol. The summed E-state index contributed by atoms with van der Waals surface area (Å²) in [5.41, 5.74) is 8.42. The number of nitrogens with zero attached hydrogens (tertiary/aromatic N) is 2. The smallest absolute Gasteiger partial charge is 0.0633 e. The van der Waals surface area contributed by atoms with Crippen molar-refractivity contribution < 1.29 is 0 Å². The molecule has 0 amide bonds. The van der Waals surface area contributed by atoms with Gasteiger partial charge < -0.3 is 4.57 Å². The topological polar surface area (TPSA) is 17.3 Å². The van der Waals surface area contributed by atoms with Gasteiger partial charge in [-0.15, -0.1) is 0 Å². The molecule has 0 atom stereocenters. The summed E-state index contributed by atoms with van der Waals surface area (Å²) < 4.78 is 3.56. The normalized spacial score (nSPS) is 11.4. The van der Waals surface area contributed by atoms with Crippen molar-refractivity contribution >= 4 is 34.5 Å². The van der Waals surface area contributed by atoms with E-state index in [-0.39, 0.29) is 0 Å². The van der Waals surface area contributed by atoms with Crippen molar-refractivity contribution in [3.05, 3.63) is 80.2 Å². The van der Waals surface area contributed by atoms with E-state index in [0.29, 0.717) is 0 Å². The Hall–Kier alpha value is -1.88. The summed E-state index contributed by atoms with van der Waals surface area (Å²) in [5.74, 6) is 0. The van der Waals surface area contributed by atoms with Crippen LogP contribution in [-0.2, 0) is 6.42 Å². The Morgan fingerprint density at radius 2 is 1.72 bits per heavy atom. The van der Waals surface area contributed by atoms with Gasteiger partial charge in [0, 0.05) is 32.4 Å². The van der Waals surface area contributed by atoms with Gasteiger partial charge in [-0.3, -0.25) is 4.99 Å². The number of halogens is 1. The van der Waals surface area contributed by atoms with Crippen LogP contribution in [0.1, 0.15) is 35.0 Å². The Morgan fingerprint density at radius 1 is 1.00 bits per heavy atom. The van der Waals surface area contributed by atoms with E-state index in [1.165, 1.54) is 31.8 Å². The molecule has 2 nitrogen and oxygen atoms in total. The van der Waals surface area contributed by atoms with Gasteiger partial charge in [-0.25, -0.2) is 0 Å². The number of hydrogen-bond acceptors (Lipinski definition) is 1. The predicted molar refractivity (Wildman–Crippen MR) is 116 cm³/mol. The lowest BCUT2D eigenvalue weighted by atomic mass is 10.1. The number of aryl methyl sites for hydroxylation is 3. The van der Waals surface area contributed by atoms with Crippen LogP contribution in [0.5, 0.6) is 0 Å². The number of aliphatic imine (C=N–C) groups is 1. The Balaban J connectivity index is 1.93. The van der Waals surface area contributed by atoms with Crippen molar-refractivity contribution in [3.8, 4) is 5.69 Å². The Bertz CT molecular complexity index is 918. The quantitative estimate of drug-likeness (QED) is 0.332. The van der Waals surface area contributed by atoms with E-state index in [1.807, 2.05) is 6.21 Å². The third-order valence-corrected chi connectivity index (χ3v) is 5.78. The average Bonchev–Trinajstić information content (AvgIpc) is 2.90. The molecule has 128 valence electrons. The van der Waals surface area contributed by atoms with Crippen LogP contribution >= 0.6 is 22.6 Å². The highest BCUT2D eigenvalue weighted by atomic mass is 127. The zero-order valence-electron chi connectivity index (χ0n) is 15.2. The first-order valence-electron chi connectivity index (χ1n) is 8.58. The summed E-state index contributed by atoms with van der Waals surface area (Å²) in [7, 11) is 0. The fourth-order valence-corrected chi connectivity index (χ4v) is 3.39. The van der Waals surface area contributed by atoms with Crippen molar-refractivity contribution in [2.45, 2.75) is 34.1 Å². The zero-order chi connectivity index (χ0) is 18.0. The Labute approximate surface area is 163 Å². The molecule has 0 unspecified atom stereocenters. The molecule has 0 aliphatic rings. The highest BCUT2D eigenvalue weighted by molar-refractivity contribution is 14.1. The fraction of sp³-hybridized carbons (Fsp3) is 0.227. The van der Waals surface area contributed by atoms with E-state index in [0.717, 1.165) is 17.7 Å². The second-order valence-electron chi connectivity index (χ2n) is 6.37. The van der Waals surface area contributed by atoms with E-state index < -0.39 is 0 Å². The number of hydrogen-bond donors (Lipinski definition) is 0. The molecule has 3 rings (SSSR count). The molecule has 3 heteroatoms. The van der Waals surface area contributed by atoms with E-state index in [2.05, 4.69) is 108 Å². The minimum atomic E-state index is 0.995. The van der Waals surface area contributed by atoms with Crippen LogP contribution in [0, 0.1) is 24.3 Å². The molecule has 0 spiro atoms. The SMILES string of the molecule is CCc1ccc(-n2c(C)cc(C=Nc3ccc(I)c(C)c3)c2C)cc1. The zero-order valence-corrected chi connectivity index (χ0v) is 17.3. The van der Waals surface area contributed by atoms with Crippen LogP contribution in [0.25, 0.3) is 5.69 Å². The first-order valence-corrected chi connectivity index (χ1v) is 9.66. The van der Waals surface area contributed by atoms with Gasteiger partial charge in [0.2, 0.25) is 0 Å². The summed E-state index contributed by atoms with van der Waals surface area (Å²) >= 11 is 2.35. The van der Waals surface area contributed by atoms with Gasteiger partial charge in [0.05, 0.1) is 5.69 Å². The summed E-state index contributed by atoms with van der Waals surface area (Å²) in [6, 6.07) is 17.3. The number of benzene rings is 2. The molecule has 0 saturated carbocycles. The molecule has 0 saturated heterocycles. The summed E-state index contributed by atoms with van der Waals surface area (Å²) in [6.45, 7) is 8.60. The monoisotopic (exact) mass is 442 g/mol. The van der Waals surface area contributed by atoms with E-state index >= 15 is 0 Å². The number of rotatable bonds is 4. The predicted octanol–water partition coefficient (Wildman–Crippen LogP) is 6.32. The largest absolute Gasteiger partial charge is 0.318 e. The van der Waals surface area contributed by atoms with Crippen molar-refractivity contribution in [2.24, 2.45) is 4.99 Å². The van der Waals surface area contributed by atoms with Gasteiger partial charge >= 0.3 is 0 Å². The Morgan fingerprint density at radius 3 is 2.36 bits per heavy atom. The Kier molecular flexibility index (Phi) is 5.42. The third kappa shape index (κ3) is 3.87. The lowest BCUT2D eigenvalue weighted by Gasteiger charge is -2.10. The molecule has 0 N–H and O–H groups in total. The second-order valence-corrected chi connectivity index (χ2v) is 7.54. The van der Waals surface area contributed by atoms with Crippen molar-refractivity contribution in [3.63, 3.8) is 0 Å². The van der Waals surface area contributed by atoms with Gasteiger partial charge in [-0.05, 0) is 97.3 Å². The van der Waals surface area contributed by atoms with Gasteiger partial charge in [0.25, 0.3) is 0 Å². The molecule has 0 aliphatic carbocycles. The maximum Gasteiger partial charge on any atom is 0.0633 e. The van der Waals surface area contributed by atoms with E-state index in [9.17, 15) is 0 Å². The van der Waals surface area contributed by atoms with Crippen LogP contribution in [0.3, 0.4) is 0 Å². The lowest BCUT2D eigenvalue weighted by molar-refractivity contribution is 0.962. The van der Waals surface area contributed by atoms with Crippen molar-refractivity contribution in [1.29, 1.82) is 0 Å². The average molecular weight is 442 g/mol. The van der Waals surface area contributed by atoms with E-state index in [1.54, 1.807) is 0 Å². The van der Waals surface area contributed by atoms with Crippen molar-refractivity contribution in [2.75, 3.05) is 0 Å². The maximum absolute atomic E-state index is 4.67. The minimum Gasteiger partial charge on any atom is -0.318 e. The fourth-order valence-electron chi connectivity index (χ4n) is 3.05. The molecule has 0 bridgehead atoms. The lowest BCUT2D eigenvalue weighted by Crippen LogP contribution is -1.99. The number of aromatic nitrogens is 1. The molecule has 1 heterocycles. The van der Waals surface area contributed by atoms with Gasteiger partial charge in [0.1, 0.15) is 0 Å². The summed E-state index contributed by atoms with van der Waals surface area (Å²) in [6.07, 6.45) is 3.04. The molecule has 3 aromatic rings. The maximum atomic E-state index is 4.67. The molecule has 1 aromatic heterocycles. The molecule has 0 aliphatic heterocycles. The van der Waals surface area contributed by atoms with Gasteiger partial charge in [-0.2, -0.15) is 0 Å². The summed E-state index contributed by atoms with van der Waals surface area (Å²) in [5, 5.41) is 0. The molecule has 25 heavy (non-hydrogen) atoms. The second kappa shape index (κ2) is 7.56. The van der Waals surface area contributed by atoms with E-state index in [4.69, 9.17) is 0 Å². The van der Waals surface area contributed by atoms with Crippen LogP contribution in [0.2, 0.25) is 0 Å². The van der Waals surface area contributed by atoms with Crippen molar-refractivity contribution in [1.82, 2.24) is 4.57 Å². The van der Waals surface area contributed by atoms with Crippen LogP contribution < -0.4 is 0 Å². The van der Waals surface area contributed by atoms with Gasteiger partial charge in [0.15, 0.2) is 0 Å². The van der Waals surface area contributed by atoms with Crippen LogP contribution in [0.4, 0.5) is 5.69 Å².